The van der Waals surface area contributed by atoms with Crippen LogP contribution in [0.2, 0.25) is 0 Å². The Bertz CT molecular complexity index is 339. The van der Waals surface area contributed by atoms with Crippen molar-refractivity contribution >= 4 is 6.09 Å². The van der Waals surface area contributed by atoms with Crippen molar-refractivity contribution in [1.82, 2.24) is 10.6 Å². The van der Waals surface area contributed by atoms with Gasteiger partial charge in [-0.3, -0.25) is 0 Å². The Morgan fingerprint density at radius 2 is 1.68 bits per heavy atom. The number of carbonyl (C=O) groups excluding carboxylic acids is 1. The maximum Gasteiger partial charge on any atom is 0.407 e. The van der Waals surface area contributed by atoms with Gasteiger partial charge in [-0.05, 0) is 64.8 Å². The molecule has 4 heteroatoms. The zero-order valence-corrected chi connectivity index (χ0v) is 14.6. The van der Waals surface area contributed by atoms with Gasteiger partial charge < -0.3 is 15.4 Å². The van der Waals surface area contributed by atoms with E-state index in [0.29, 0.717) is 18.5 Å². The summed E-state index contributed by atoms with van der Waals surface area (Å²) < 4.78 is 5.35. The fourth-order valence-electron chi connectivity index (χ4n) is 3.81. The van der Waals surface area contributed by atoms with Crippen LogP contribution in [-0.2, 0) is 4.74 Å². The van der Waals surface area contributed by atoms with E-state index in [4.69, 9.17) is 4.74 Å². The molecule has 2 aliphatic rings. The van der Waals surface area contributed by atoms with Crippen LogP contribution >= 0.6 is 0 Å². The first-order chi connectivity index (χ1) is 10.4. The molecule has 2 N–H and O–H groups in total. The highest BCUT2D eigenvalue weighted by atomic mass is 16.6. The topological polar surface area (TPSA) is 50.4 Å². The van der Waals surface area contributed by atoms with Gasteiger partial charge in [-0.1, -0.05) is 25.7 Å². The Labute approximate surface area is 135 Å². The van der Waals surface area contributed by atoms with E-state index in [2.05, 4.69) is 10.6 Å². The van der Waals surface area contributed by atoms with Crippen LogP contribution in [0.3, 0.4) is 0 Å². The molecule has 2 fully saturated rings. The zero-order chi connectivity index (χ0) is 16.0. The molecule has 128 valence electrons. The van der Waals surface area contributed by atoms with Gasteiger partial charge in [0.05, 0.1) is 0 Å². The molecule has 1 unspecified atom stereocenters. The lowest BCUT2D eigenvalue weighted by atomic mass is 9.97. The number of alkyl carbamates (subject to hydrolysis) is 1. The Hall–Kier alpha value is -0.770. The predicted molar refractivity (Wildman–Crippen MR) is 89.9 cm³/mol. The van der Waals surface area contributed by atoms with Gasteiger partial charge in [0.25, 0.3) is 0 Å². The summed E-state index contributed by atoms with van der Waals surface area (Å²) in [6, 6.07) is 0.399. The monoisotopic (exact) mass is 310 g/mol. The van der Waals surface area contributed by atoms with E-state index < -0.39 is 5.60 Å². The van der Waals surface area contributed by atoms with Gasteiger partial charge in [0.2, 0.25) is 0 Å². The van der Waals surface area contributed by atoms with Crippen LogP contribution in [0.4, 0.5) is 4.79 Å². The van der Waals surface area contributed by atoms with Crippen molar-refractivity contribution in [2.75, 3.05) is 13.1 Å². The predicted octanol–water partition coefficient (Wildman–Crippen LogP) is 3.85. The smallest absolute Gasteiger partial charge is 0.407 e. The first-order valence-corrected chi connectivity index (χ1v) is 9.14. The molecule has 2 aliphatic carbocycles. The molecular weight excluding hydrogens is 276 g/mol. The minimum absolute atomic E-state index is 0.293. The van der Waals surface area contributed by atoms with E-state index in [1.54, 1.807) is 0 Å². The molecule has 1 amide bonds. The van der Waals surface area contributed by atoms with Crippen molar-refractivity contribution in [2.24, 2.45) is 11.8 Å². The van der Waals surface area contributed by atoms with Gasteiger partial charge in [-0.25, -0.2) is 4.79 Å². The van der Waals surface area contributed by atoms with Crippen molar-refractivity contribution in [1.29, 1.82) is 0 Å². The molecule has 22 heavy (non-hydrogen) atoms. The Morgan fingerprint density at radius 3 is 2.27 bits per heavy atom. The standard InChI is InChI=1S/C18H34N2O2/c1-18(2,3)22-17(21)20-13-16(15-10-6-7-11-15)19-12-14-8-4-5-9-14/h14-16,19H,4-13H2,1-3H3,(H,20,21). The van der Waals surface area contributed by atoms with Gasteiger partial charge in [-0.15, -0.1) is 0 Å². The van der Waals surface area contributed by atoms with Gasteiger partial charge >= 0.3 is 6.09 Å². The average molecular weight is 310 g/mol. The molecule has 0 spiro atoms. The summed E-state index contributed by atoms with van der Waals surface area (Å²) in [6.07, 6.45) is 10.5. The van der Waals surface area contributed by atoms with Crippen molar-refractivity contribution in [3.05, 3.63) is 0 Å². The Balaban J connectivity index is 1.77. The first kappa shape index (κ1) is 17.6. The summed E-state index contributed by atoms with van der Waals surface area (Å²) in [4.78, 5) is 11.9. The second-order valence-electron chi connectivity index (χ2n) is 8.09. The molecule has 0 aliphatic heterocycles. The SMILES string of the molecule is CC(C)(C)OC(=O)NCC(NCC1CCCC1)C1CCCC1. The summed E-state index contributed by atoms with van der Waals surface area (Å²) in [5.41, 5.74) is -0.426. The van der Waals surface area contributed by atoms with Gasteiger partial charge in [0, 0.05) is 12.6 Å². The lowest BCUT2D eigenvalue weighted by Crippen LogP contribution is -2.47. The quantitative estimate of drug-likeness (QED) is 0.783. The van der Waals surface area contributed by atoms with Crippen molar-refractivity contribution in [3.8, 4) is 0 Å². The number of amides is 1. The van der Waals surface area contributed by atoms with E-state index >= 15 is 0 Å². The van der Waals surface area contributed by atoms with Crippen molar-refractivity contribution in [3.63, 3.8) is 0 Å². The molecule has 0 radical (unpaired) electrons. The third kappa shape index (κ3) is 6.15. The summed E-state index contributed by atoms with van der Waals surface area (Å²) in [6.45, 7) is 7.50. The third-order valence-corrected chi connectivity index (χ3v) is 4.98. The average Bonchev–Trinajstić information content (AvgIpc) is 3.09. The highest BCUT2D eigenvalue weighted by molar-refractivity contribution is 5.67. The Morgan fingerprint density at radius 1 is 1.09 bits per heavy atom. The molecule has 2 saturated carbocycles. The molecule has 0 aromatic heterocycles. The van der Waals surface area contributed by atoms with Crippen LogP contribution in [0.5, 0.6) is 0 Å². The van der Waals surface area contributed by atoms with Gasteiger partial charge in [0.15, 0.2) is 0 Å². The second kappa shape index (κ2) is 8.19. The van der Waals surface area contributed by atoms with E-state index in [9.17, 15) is 4.79 Å². The summed E-state index contributed by atoms with van der Waals surface area (Å²) in [5, 5.41) is 6.72. The minimum Gasteiger partial charge on any atom is -0.444 e. The van der Waals surface area contributed by atoms with Gasteiger partial charge in [0.1, 0.15) is 5.60 Å². The molecule has 0 saturated heterocycles. The maximum absolute atomic E-state index is 11.9. The number of rotatable bonds is 6. The van der Waals surface area contributed by atoms with Crippen molar-refractivity contribution in [2.45, 2.75) is 83.8 Å². The molecule has 1 atom stereocenters. The van der Waals surface area contributed by atoms with Crippen molar-refractivity contribution < 1.29 is 9.53 Å². The van der Waals surface area contributed by atoms with Gasteiger partial charge in [-0.2, -0.15) is 0 Å². The maximum atomic E-state index is 11.9. The molecule has 2 rings (SSSR count). The normalized spacial score (nSPS) is 22.0. The van der Waals surface area contributed by atoms with Crippen LogP contribution in [0, 0.1) is 11.8 Å². The third-order valence-electron chi connectivity index (χ3n) is 4.98. The number of ether oxygens (including phenoxy) is 1. The van der Waals surface area contributed by atoms with E-state index in [1.807, 2.05) is 20.8 Å². The number of hydrogen-bond donors (Lipinski definition) is 2. The highest BCUT2D eigenvalue weighted by Gasteiger charge is 2.27. The van der Waals surface area contributed by atoms with Crippen LogP contribution in [0.25, 0.3) is 0 Å². The molecular formula is C18H34N2O2. The number of carbonyl (C=O) groups is 1. The van der Waals surface area contributed by atoms with Crippen LogP contribution in [0.1, 0.15) is 72.1 Å². The Kier molecular flexibility index (Phi) is 6.54. The summed E-state index contributed by atoms with van der Waals surface area (Å²) >= 11 is 0. The molecule has 0 heterocycles. The summed E-state index contributed by atoms with van der Waals surface area (Å²) in [5.74, 6) is 1.54. The molecule has 0 aromatic rings. The van der Waals surface area contributed by atoms with E-state index in [-0.39, 0.29) is 6.09 Å². The van der Waals surface area contributed by atoms with Crippen LogP contribution < -0.4 is 10.6 Å². The highest BCUT2D eigenvalue weighted by Crippen LogP contribution is 2.29. The largest absolute Gasteiger partial charge is 0.444 e. The number of hydrogen-bond acceptors (Lipinski definition) is 3. The lowest BCUT2D eigenvalue weighted by Gasteiger charge is -2.27. The molecule has 0 bridgehead atoms. The van der Waals surface area contributed by atoms with Crippen LogP contribution in [0.15, 0.2) is 0 Å². The van der Waals surface area contributed by atoms with Crippen LogP contribution in [-0.4, -0.2) is 30.8 Å². The number of nitrogens with one attached hydrogen (secondary N) is 2. The second-order valence-corrected chi connectivity index (χ2v) is 8.09. The molecule has 4 nitrogen and oxygen atoms in total. The first-order valence-electron chi connectivity index (χ1n) is 9.14. The van der Waals surface area contributed by atoms with E-state index in [1.165, 1.54) is 51.4 Å². The summed E-state index contributed by atoms with van der Waals surface area (Å²) in [7, 11) is 0. The van der Waals surface area contributed by atoms with E-state index in [0.717, 1.165) is 12.5 Å². The minimum atomic E-state index is -0.426. The zero-order valence-electron chi connectivity index (χ0n) is 14.6. The lowest BCUT2D eigenvalue weighted by molar-refractivity contribution is 0.0518. The fraction of sp³-hybridized carbons (Fsp3) is 0.944. The fourth-order valence-corrected chi connectivity index (χ4v) is 3.81. The molecule has 0 aromatic carbocycles.